The van der Waals surface area contributed by atoms with Gasteiger partial charge in [-0.3, -0.25) is 38.4 Å². The zero-order chi connectivity index (χ0) is 87.2. The molecule has 4 aliphatic rings. The van der Waals surface area contributed by atoms with Crippen molar-refractivity contribution in [3.05, 3.63) is 0 Å². The minimum Gasteiger partial charge on any atom is -0.466 e. The SMILES string of the molecule is CO[C@H]1C[C@H](CO)N(C(=O)CCCCC(=O)CCCSCCC(=O)CC(CCCOC(=O)CCCCCCCNC(=O)CCCOC2OC(CO)C(O)C(O)C2C)(CCCOC(=O)CCCCCCCNC(=O)CCCOC2OC(CO)C(O)C(O)C2C)CCCOC(=O)NCCCCCCC(=O)CCCOC2OC(CO)C(O)C(O)C2C)C1. The van der Waals surface area contributed by atoms with E-state index in [0.29, 0.717) is 179 Å². The van der Waals surface area contributed by atoms with Crippen molar-refractivity contribution in [2.24, 2.45) is 23.2 Å². The number of hydrogen-bond acceptors (Lipinski definition) is 30. The number of thioether (sulfide) groups is 1. The normalized spacial score (nSPS) is 25.6. The molecule has 119 heavy (non-hydrogen) atoms. The van der Waals surface area contributed by atoms with Gasteiger partial charge in [-0.15, -0.1) is 0 Å². The van der Waals surface area contributed by atoms with Gasteiger partial charge in [0.1, 0.15) is 54.0 Å². The van der Waals surface area contributed by atoms with Crippen LogP contribution < -0.4 is 16.0 Å². The van der Waals surface area contributed by atoms with Crippen LogP contribution in [0.1, 0.15) is 265 Å². The summed E-state index contributed by atoms with van der Waals surface area (Å²) in [6.07, 6.45) is 6.80. The van der Waals surface area contributed by atoms with Gasteiger partial charge in [-0.2, -0.15) is 11.8 Å². The molecule has 0 aromatic carbocycles. The van der Waals surface area contributed by atoms with Crippen molar-refractivity contribution >= 4 is 64.9 Å². The molecule has 4 fully saturated rings. The zero-order valence-electron chi connectivity index (χ0n) is 71.6. The molecule has 34 heteroatoms. The second kappa shape index (κ2) is 63.3. The maximum absolute atomic E-state index is 14.2. The highest BCUT2D eigenvalue weighted by Gasteiger charge is 2.45. The number of alkyl carbamates (subject to hydrolysis) is 1. The number of carbonyl (C=O) groups is 9. The van der Waals surface area contributed by atoms with Crippen LogP contribution in [0.25, 0.3) is 0 Å². The molecule has 0 aromatic heterocycles. The van der Waals surface area contributed by atoms with Crippen LogP contribution in [0.4, 0.5) is 4.79 Å². The fraction of sp³-hybridized carbons (Fsp3) is 0.894. The van der Waals surface area contributed by atoms with Crippen LogP contribution in [-0.4, -0.2) is 306 Å². The summed E-state index contributed by atoms with van der Waals surface area (Å²) >= 11 is 1.59. The number of carbonyl (C=O) groups excluding carboxylic acids is 9. The summed E-state index contributed by atoms with van der Waals surface area (Å²) in [6.45, 7) is 6.13. The highest BCUT2D eigenvalue weighted by atomic mass is 32.2. The number of unbranched alkanes of at least 4 members (excludes halogenated alkanes) is 12. The molecule has 0 bridgehead atoms. The first-order valence-electron chi connectivity index (χ1n) is 44.3. The molecular formula is C85H150N4O29S. The van der Waals surface area contributed by atoms with Crippen LogP contribution in [-0.2, 0) is 85.7 Å². The summed E-state index contributed by atoms with van der Waals surface area (Å²) in [4.78, 5) is 119. The zero-order valence-corrected chi connectivity index (χ0v) is 72.4. The van der Waals surface area contributed by atoms with Gasteiger partial charge in [0.25, 0.3) is 0 Å². The average molecular weight is 1720 g/mol. The predicted molar refractivity (Wildman–Crippen MR) is 440 cm³/mol. The van der Waals surface area contributed by atoms with E-state index < -0.39 is 123 Å². The third-order valence-electron chi connectivity index (χ3n) is 23.0. The molecule has 4 aliphatic heterocycles. The van der Waals surface area contributed by atoms with Crippen LogP contribution in [0.5, 0.6) is 0 Å². The number of rotatable bonds is 69. The third-order valence-corrected chi connectivity index (χ3v) is 24.1. The summed E-state index contributed by atoms with van der Waals surface area (Å²) in [5.74, 6) is -1.17. The Morgan fingerprint density at radius 2 is 0.773 bits per heavy atom. The van der Waals surface area contributed by atoms with Crippen LogP contribution in [0.3, 0.4) is 0 Å². The number of ether oxygens (including phenoxy) is 10. The number of esters is 2. The van der Waals surface area contributed by atoms with Gasteiger partial charge in [0, 0.05) is 127 Å². The smallest absolute Gasteiger partial charge is 0.407 e. The number of hydrogen-bond donors (Lipinski definition) is 13. The van der Waals surface area contributed by atoms with E-state index in [1.807, 2.05) is 0 Å². The van der Waals surface area contributed by atoms with E-state index in [-0.39, 0.29) is 144 Å². The lowest BCUT2D eigenvalue weighted by molar-refractivity contribution is -0.282. The quantitative estimate of drug-likeness (QED) is 0.0195. The molecule has 4 rings (SSSR count). The number of Topliss-reactive ketones (excluding diaryl/α,β-unsaturated/α-hetero) is 3. The van der Waals surface area contributed by atoms with E-state index in [9.17, 15) is 94.2 Å². The lowest BCUT2D eigenvalue weighted by Gasteiger charge is -2.40. The standard InChI is InChI=1S/C85H150N4O29S/c1-59-75(102)78(105)67(56-91)116-81(59)112-44-21-30-63(94)28-13-9-12-20-43-88-84(108)115-49-27-40-85(53-65(96)37-51-119-50-24-31-64(95)29-16-17-34-72(99)89-54-66(109-4)52-62(89)55-90,38-25-47-110-73(100)35-14-7-5-10-18-41-86-70(97)32-22-45-113-82-60(2)76(103)79(106)68(57-92)117-82)39-26-48-111-74(101)36-15-8-6-11-19-42-87-71(98)33-23-46-114-83-61(3)77(104)80(107)69(58-93)118-83/h59-62,66-69,75-83,90-93,102-107H,5-58H2,1-4H3,(H,86,97)(H,87,98)(H,88,108)/t59?,60?,61?,62-,66+,67?,68?,69?,75?,76?,77?,78?,79?,80?,81?,82?,83?,85?/m1/s1. The van der Waals surface area contributed by atoms with Gasteiger partial charge < -0.3 is 119 Å². The van der Waals surface area contributed by atoms with Crippen molar-refractivity contribution in [1.29, 1.82) is 0 Å². The summed E-state index contributed by atoms with van der Waals surface area (Å²) in [6, 6.07) is -0.263. The second-order valence-corrected chi connectivity index (χ2v) is 34.0. The largest absolute Gasteiger partial charge is 0.466 e. The number of nitrogens with one attached hydrogen (secondary N) is 3. The highest BCUT2D eigenvalue weighted by molar-refractivity contribution is 7.99. The highest BCUT2D eigenvalue weighted by Crippen LogP contribution is 2.40. The van der Waals surface area contributed by atoms with E-state index in [2.05, 4.69) is 16.0 Å². The summed E-state index contributed by atoms with van der Waals surface area (Å²) in [7, 11) is 1.59. The minimum absolute atomic E-state index is 0.0195. The number of aliphatic hydroxyl groups excluding tert-OH is 10. The fourth-order valence-corrected chi connectivity index (χ4v) is 16.4. The van der Waals surface area contributed by atoms with E-state index in [4.69, 9.17) is 47.4 Å². The van der Waals surface area contributed by atoms with E-state index in [0.717, 1.165) is 64.2 Å². The minimum atomic E-state index is -1.23. The first-order valence-corrected chi connectivity index (χ1v) is 45.5. The maximum Gasteiger partial charge on any atom is 0.407 e. The van der Waals surface area contributed by atoms with Crippen molar-refractivity contribution in [3.8, 4) is 0 Å². The molecule has 0 aromatic rings. The predicted octanol–water partition coefficient (Wildman–Crippen LogP) is 5.78. The van der Waals surface area contributed by atoms with Gasteiger partial charge in [-0.05, 0) is 133 Å². The van der Waals surface area contributed by atoms with E-state index >= 15 is 0 Å². The van der Waals surface area contributed by atoms with Gasteiger partial charge in [0.2, 0.25) is 17.7 Å². The van der Waals surface area contributed by atoms with Gasteiger partial charge in [0.15, 0.2) is 18.9 Å². The van der Waals surface area contributed by atoms with Gasteiger partial charge in [0.05, 0.1) is 96.5 Å². The van der Waals surface area contributed by atoms with Gasteiger partial charge >= 0.3 is 18.0 Å². The molecule has 15 unspecified atom stereocenters. The number of nitrogens with zero attached hydrogens (tertiary/aromatic N) is 1. The Bertz CT molecular complexity index is 2720. The lowest BCUT2D eigenvalue weighted by Crippen LogP contribution is -2.55. The molecule has 0 spiro atoms. The summed E-state index contributed by atoms with van der Waals surface area (Å²) in [5.41, 5.74) is -0.657. The van der Waals surface area contributed by atoms with Crippen molar-refractivity contribution < 1.29 is 142 Å². The Morgan fingerprint density at radius 3 is 1.21 bits per heavy atom. The molecule has 690 valence electrons. The molecule has 0 radical (unpaired) electrons. The lowest BCUT2D eigenvalue weighted by atomic mass is 9.71. The van der Waals surface area contributed by atoms with Gasteiger partial charge in [-0.25, -0.2) is 4.79 Å². The molecule has 13 N–H and O–H groups in total. The molecular weight excluding hydrogens is 1570 g/mol. The molecule has 4 saturated heterocycles. The topological polar surface area (TPSA) is 488 Å². The number of likely N-dealkylation sites (tertiary alicyclic amines) is 1. The van der Waals surface area contributed by atoms with Crippen molar-refractivity contribution in [3.63, 3.8) is 0 Å². The maximum atomic E-state index is 14.2. The number of aliphatic hydroxyl groups is 10. The Labute approximate surface area is 708 Å². The molecule has 4 amide bonds. The van der Waals surface area contributed by atoms with Gasteiger partial charge in [-0.1, -0.05) is 72.1 Å². The second-order valence-electron chi connectivity index (χ2n) is 32.8. The molecule has 17 atom stereocenters. The molecule has 0 aliphatic carbocycles. The first kappa shape index (κ1) is 107. The van der Waals surface area contributed by atoms with E-state index in [1.54, 1.807) is 44.5 Å². The third kappa shape index (κ3) is 43.7. The Kier molecular flexibility index (Phi) is 56.7. The Morgan fingerprint density at radius 1 is 0.395 bits per heavy atom. The number of amides is 4. The molecule has 4 heterocycles. The van der Waals surface area contributed by atoms with E-state index in [1.165, 1.54) is 0 Å². The van der Waals surface area contributed by atoms with Crippen LogP contribution >= 0.6 is 11.8 Å². The van der Waals surface area contributed by atoms with Crippen molar-refractivity contribution in [1.82, 2.24) is 20.9 Å². The summed E-state index contributed by atoms with van der Waals surface area (Å²) in [5, 5.41) is 108. The Hall–Kier alpha value is -4.70. The monoisotopic (exact) mass is 1720 g/mol. The van der Waals surface area contributed by atoms with Crippen molar-refractivity contribution in [2.75, 3.05) is 111 Å². The first-order chi connectivity index (χ1) is 57.3. The Balaban J connectivity index is 1.26. The van der Waals surface area contributed by atoms with Crippen LogP contribution in [0, 0.1) is 23.2 Å². The summed E-state index contributed by atoms with van der Waals surface area (Å²) < 4.78 is 56.6. The molecule has 33 nitrogen and oxygen atoms in total. The average Bonchev–Trinajstić information content (AvgIpc) is 1.70. The van der Waals surface area contributed by atoms with Crippen molar-refractivity contribution in [2.45, 2.75) is 351 Å². The number of methoxy groups -OCH3 is 1. The van der Waals surface area contributed by atoms with Crippen LogP contribution in [0.15, 0.2) is 0 Å². The number of ketones is 3. The van der Waals surface area contributed by atoms with Crippen LogP contribution in [0.2, 0.25) is 0 Å². The fourth-order valence-electron chi connectivity index (χ4n) is 15.4. The molecule has 0 saturated carbocycles.